The number of hydrogen-bond acceptors (Lipinski definition) is 2. The van der Waals surface area contributed by atoms with Crippen LogP contribution >= 0.6 is 0 Å². The molecule has 0 aliphatic heterocycles. The smallest absolute Gasteiger partial charge is 0.0892 e. The Bertz CT molecular complexity index is 581. The predicted octanol–water partition coefficient (Wildman–Crippen LogP) is 2.69. The van der Waals surface area contributed by atoms with Crippen molar-refractivity contribution in [2.45, 2.75) is 19.3 Å². The van der Waals surface area contributed by atoms with Crippen LogP contribution in [0, 0.1) is 0 Å². The number of aromatic nitrogens is 1. The van der Waals surface area contributed by atoms with Crippen molar-refractivity contribution in [2.24, 2.45) is 12.2 Å². The van der Waals surface area contributed by atoms with Crippen molar-refractivity contribution in [3.63, 3.8) is 0 Å². The van der Waals surface area contributed by atoms with E-state index < -0.39 is 0 Å². The highest BCUT2D eigenvalue weighted by Crippen LogP contribution is 2.31. The summed E-state index contributed by atoms with van der Waals surface area (Å²) in [5.41, 5.74) is 4.49. The lowest BCUT2D eigenvalue weighted by atomic mass is 9.93. The molecule has 0 saturated heterocycles. The Morgan fingerprint density at radius 1 is 1.25 bits per heavy atom. The van der Waals surface area contributed by atoms with Crippen LogP contribution in [0.3, 0.4) is 0 Å². The Labute approximate surface area is 94.0 Å². The van der Waals surface area contributed by atoms with Gasteiger partial charge in [0.25, 0.3) is 0 Å². The molecule has 16 heavy (non-hydrogen) atoms. The minimum atomic E-state index is 0.832. The van der Waals surface area contributed by atoms with Gasteiger partial charge in [0, 0.05) is 29.2 Å². The Kier molecular flexibility index (Phi) is 1.99. The largest absolute Gasteiger partial charge is 0.411 e. The third-order valence-corrected chi connectivity index (χ3v) is 3.46. The van der Waals surface area contributed by atoms with Gasteiger partial charge in [-0.3, -0.25) is 0 Å². The lowest BCUT2D eigenvalue weighted by Gasteiger charge is -2.14. The number of benzene rings is 1. The molecule has 2 aromatic rings. The Hall–Kier alpha value is -1.77. The van der Waals surface area contributed by atoms with Gasteiger partial charge in [-0.15, -0.1) is 0 Å². The Morgan fingerprint density at radius 3 is 2.88 bits per heavy atom. The van der Waals surface area contributed by atoms with Gasteiger partial charge in [0.15, 0.2) is 0 Å². The van der Waals surface area contributed by atoms with E-state index in [0.29, 0.717) is 0 Å². The van der Waals surface area contributed by atoms with E-state index in [2.05, 4.69) is 28.9 Å². The second kappa shape index (κ2) is 3.37. The molecule has 82 valence electrons. The van der Waals surface area contributed by atoms with Gasteiger partial charge < -0.3 is 9.77 Å². The fourth-order valence-electron chi connectivity index (χ4n) is 2.71. The summed E-state index contributed by atoms with van der Waals surface area (Å²) in [5.74, 6) is 0. The van der Waals surface area contributed by atoms with E-state index in [1.54, 1.807) is 0 Å². The van der Waals surface area contributed by atoms with Gasteiger partial charge in [0.05, 0.1) is 5.71 Å². The van der Waals surface area contributed by atoms with Gasteiger partial charge >= 0.3 is 0 Å². The van der Waals surface area contributed by atoms with Gasteiger partial charge in [-0.05, 0) is 25.3 Å². The average molecular weight is 214 g/mol. The van der Waals surface area contributed by atoms with Crippen LogP contribution in [-0.2, 0) is 13.5 Å². The van der Waals surface area contributed by atoms with E-state index in [1.165, 1.54) is 16.6 Å². The molecule has 3 heteroatoms. The van der Waals surface area contributed by atoms with Crippen LogP contribution in [0.1, 0.15) is 24.1 Å². The minimum Gasteiger partial charge on any atom is -0.411 e. The number of oxime groups is 1. The topological polar surface area (TPSA) is 37.5 Å². The predicted molar refractivity (Wildman–Crippen MR) is 64.2 cm³/mol. The van der Waals surface area contributed by atoms with Crippen molar-refractivity contribution in [3.05, 3.63) is 35.5 Å². The summed E-state index contributed by atoms with van der Waals surface area (Å²) in [7, 11) is 2.08. The monoisotopic (exact) mass is 214 g/mol. The lowest BCUT2D eigenvalue weighted by Crippen LogP contribution is -2.12. The summed E-state index contributed by atoms with van der Waals surface area (Å²) in [4.78, 5) is 0. The Balaban J connectivity index is 2.43. The highest BCUT2D eigenvalue weighted by atomic mass is 16.4. The molecule has 1 aliphatic rings. The van der Waals surface area contributed by atoms with E-state index in [9.17, 15) is 0 Å². The zero-order valence-electron chi connectivity index (χ0n) is 9.27. The molecule has 1 aromatic carbocycles. The van der Waals surface area contributed by atoms with Crippen molar-refractivity contribution in [3.8, 4) is 0 Å². The average Bonchev–Trinajstić information content (AvgIpc) is 2.64. The maximum absolute atomic E-state index is 9.09. The van der Waals surface area contributed by atoms with Crippen LogP contribution in [0.4, 0.5) is 0 Å². The van der Waals surface area contributed by atoms with Gasteiger partial charge in [-0.1, -0.05) is 23.4 Å². The van der Waals surface area contributed by atoms with E-state index in [0.717, 1.165) is 30.5 Å². The van der Waals surface area contributed by atoms with Crippen molar-refractivity contribution in [2.75, 3.05) is 0 Å². The number of fused-ring (bicyclic) bond motifs is 3. The molecule has 0 amide bonds. The number of rotatable bonds is 0. The summed E-state index contributed by atoms with van der Waals surface area (Å²) in [6.07, 6.45) is 3.01. The first kappa shape index (κ1) is 9.46. The molecule has 1 aromatic heterocycles. The van der Waals surface area contributed by atoms with Gasteiger partial charge in [-0.2, -0.15) is 0 Å². The molecule has 0 fully saturated rings. The first-order valence-electron chi connectivity index (χ1n) is 5.60. The second-order valence-corrected chi connectivity index (χ2v) is 4.30. The van der Waals surface area contributed by atoms with Gasteiger partial charge in [0.1, 0.15) is 0 Å². The maximum atomic E-state index is 9.09. The van der Waals surface area contributed by atoms with E-state index >= 15 is 0 Å². The van der Waals surface area contributed by atoms with Crippen LogP contribution in [0.5, 0.6) is 0 Å². The highest BCUT2D eigenvalue weighted by Gasteiger charge is 2.22. The molecule has 0 bridgehead atoms. The standard InChI is InChI=1S/C13H14N2O/c1-15-11-7-3-2-5-9(11)13-10(14-16)6-4-8-12(13)15/h2-3,5,7,16H,4,6,8H2,1H3. The van der Waals surface area contributed by atoms with Crippen molar-refractivity contribution < 1.29 is 5.21 Å². The molecule has 0 atom stereocenters. The zero-order valence-corrected chi connectivity index (χ0v) is 9.27. The van der Waals surface area contributed by atoms with Gasteiger partial charge in [-0.25, -0.2) is 0 Å². The van der Waals surface area contributed by atoms with Gasteiger partial charge in [0.2, 0.25) is 0 Å². The first-order chi connectivity index (χ1) is 7.83. The molecule has 0 unspecified atom stereocenters. The van der Waals surface area contributed by atoms with E-state index in [1.807, 2.05) is 12.1 Å². The molecule has 1 N–H and O–H groups in total. The molecular formula is C13H14N2O. The van der Waals surface area contributed by atoms with Crippen molar-refractivity contribution in [1.82, 2.24) is 4.57 Å². The molecule has 0 spiro atoms. The maximum Gasteiger partial charge on any atom is 0.0892 e. The number of para-hydroxylation sites is 1. The molecule has 1 heterocycles. The number of nitrogens with zero attached hydrogens (tertiary/aromatic N) is 2. The molecule has 0 radical (unpaired) electrons. The summed E-state index contributed by atoms with van der Waals surface area (Å²) < 4.78 is 2.22. The third-order valence-electron chi connectivity index (χ3n) is 3.46. The van der Waals surface area contributed by atoms with E-state index in [4.69, 9.17) is 5.21 Å². The molecule has 0 saturated carbocycles. The summed E-state index contributed by atoms with van der Waals surface area (Å²) in [6, 6.07) is 8.29. The van der Waals surface area contributed by atoms with Crippen LogP contribution in [0.15, 0.2) is 29.4 Å². The fraction of sp³-hybridized carbons (Fsp3) is 0.308. The summed E-state index contributed by atoms with van der Waals surface area (Å²) >= 11 is 0. The molecule has 1 aliphatic carbocycles. The van der Waals surface area contributed by atoms with Crippen LogP contribution in [-0.4, -0.2) is 15.5 Å². The fourth-order valence-corrected chi connectivity index (χ4v) is 2.71. The second-order valence-electron chi connectivity index (χ2n) is 4.30. The third kappa shape index (κ3) is 1.11. The van der Waals surface area contributed by atoms with Crippen molar-refractivity contribution >= 4 is 16.6 Å². The molecule has 3 rings (SSSR count). The van der Waals surface area contributed by atoms with E-state index in [-0.39, 0.29) is 0 Å². The summed E-state index contributed by atoms with van der Waals surface area (Å²) in [5, 5.41) is 13.7. The molecular weight excluding hydrogens is 200 g/mol. The van der Waals surface area contributed by atoms with Crippen molar-refractivity contribution in [1.29, 1.82) is 0 Å². The number of hydrogen-bond donors (Lipinski definition) is 1. The first-order valence-corrected chi connectivity index (χ1v) is 5.60. The zero-order chi connectivity index (χ0) is 11.1. The van der Waals surface area contributed by atoms with Crippen LogP contribution in [0.2, 0.25) is 0 Å². The molecule has 3 nitrogen and oxygen atoms in total. The highest BCUT2D eigenvalue weighted by molar-refractivity contribution is 6.12. The SMILES string of the molecule is Cn1c2c(c3ccccc31)C(=NO)CCC2. The lowest BCUT2D eigenvalue weighted by molar-refractivity contribution is 0.317. The van der Waals surface area contributed by atoms with Crippen LogP contribution < -0.4 is 0 Å². The number of aryl methyl sites for hydroxylation is 1. The quantitative estimate of drug-likeness (QED) is 0.531. The summed E-state index contributed by atoms with van der Waals surface area (Å²) in [6.45, 7) is 0. The Morgan fingerprint density at radius 2 is 2.06 bits per heavy atom. The van der Waals surface area contributed by atoms with Crippen LogP contribution in [0.25, 0.3) is 10.9 Å². The minimum absolute atomic E-state index is 0.832. The normalized spacial score (nSPS) is 17.9.